The van der Waals surface area contributed by atoms with Crippen molar-refractivity contribution in [2.45, 2.75) is 45.6 Å². The van der Waals surface area contributed by atoms with E-state index in [4.69, 9.17) is 0 Å². The molecule has 3 aromatic heterocycles. The highest BCUT2D eigenvalue weighted by atomic mass is 32.1. The average molecular weight is 345 g/mol. The SMILES string of the molecule is CC[C@@H](CO)NC(=O)c1nc2c3c4c(sc3nc(C)n2n1)CCC4. The molecule has 8 heteroatoms. The van der Waals surface area contributed by atoms with Crippen LogP contribution in [0.2, 0.25) is 0 Å². The molecule has 1 aliphatic carbocycles. The van der Waals surface area contributed by atoms with E-state index >= 15 is 0 Å². The van der Waals surface area contributed by atoms with Crippen LogP contribution >= 0.6 is 11.3 Å². The summed E-state index contributed by atoms with van der Waals surface area (Å²) >= 11 is 1.73. The third-order valence-corrected chi connectivity index (χ3v) is 5.74. The first kappa shape index (κ1) is 15.5. The second kappa shape index (κ2) is 5.78. The molecule has 0 aromatic carbocycles. The third-order valence-electron chi connectivity index (χ3n) is 4.55. The van der Waals surface area contributed by atoms with Crippen LogP contribution in [0.4, 0.5) is 0 Å². The number of carbonyl (C=O) groups excluding carboxylic acids is 1. The minimum Gasteiger partial charge on any atom is -0.394 e. The first-order chi connectivity index (χ1) is 11.6. The van der Waals surface area contributed by atoms with Gasteiger partial charge in [-0.25, -0.2) is 9.97 Å². The van der Waals surface area contributed by atoms with Gasteiger partial charge in [0.25, 0.3) is 5.91 Å². The number of aliphatic hydroxyl groups excluding tert-OH is 1. The number of thiophene rings is 1. The number of rotatable bonds is 4. The Bertz CT molecular complexity index is 941. The van der Waals surface area contributed by atoms with E-state index in [1.807, 2.05) is 13.8 Å². The Balaban J connectivity index is 1.84. The molecular weight excluding hydrogens is 326 g/mol. The molecule has 1 aliphatic rings. The molecule has 3 heterocycles. The Morgan fingerprint density at radius 2 is 2.25 bits per heavy atom. The van der Waals surface area contributed by atoms with Crippen molar-refractivity contribution in [3.05, 3.63) is 22.1 Å². The van der Waals surface area contributed by atoms with Crippen molar-refractivity contribution >= 4 is 33.1 Å². The van der Waals surface area contributed by atoms with Crippen LogP contribution in [0, 0.1) is 6.92 Å². The topological polar surface area (TPSA) is 92.4 Å². The summed E-state index contributed by atoms with van der Waals surface area (Å²) < 4.78 is 1.66. The van der Waals surface area contributed by atoms with Crippen molar-refractivity contribution in [1.29, 1.82) is 0 Å². The van der Waals surface area contributed by atoms with Gasteiger partial charge in [0.2, 0.25) is 5.82 Å². The van der Waals surface area contributed by atoms with Crippen LogP contribution < -0.4 is 5.32 Å². The van der Waals surface area contributed by atoms with E-state index < -0.39 is 0 Å². The van der Waals surface area contributed by atoms with Gasteiger partial charge in [-0.3, -0.25) is 4.79 Å². The Morgan fingerprint density at radius 1 is 1.42 bits per heavy atom. The summed E-state index contributed by atoms with van der Waals surface area (Å²) in [6.07, 6.45) is 3.94. The highest BCUT2D eigenvalue weighted by molar-refractivity contribution is 7.19. The molecule has 3 aromatic rings. The Morgan fingerprint density at radius 3 is 3.00 bits per heavy atom. The zero-order valence-electron chi connectivity index (χ0n) is 13.7. The number of nitrogens with one attached hydrogen (secondary N) is 1. The minimum atomic E-state index is -0.362. The zero-order chi connectivity index (χ0) is 16.8. The van der Waals surface area contributed by atoms with Gasteiger partial charge in [0, 0.05) is 4.88 Å². The van der Waals surface area contributed by atoms with Crippen molar-refractivity contribution in [2.75, 3.05) is 6.61 Å². The van der Waals surface area contributed by atoms with Crippen LogP contribution in [0.3, 0.4) is 0 Å². The summed E-state index contributed by atoms with van der Waals surface area (Å²) in [4.78, 5) is 23.9. The highest BCUT2D eigenvalue weighted by Crippen LogP contribution is 2.38. The van der Waals surface area contributed by atoms with E-state index in [2.05, 4.69) is 20.4 Å². The highest BCUT2D eigenvalue weighted by Gasteiger charge is 2.24. The van der Waals surface area contributed by atoms with Crippen LogP contribution in [0.15, 0.2) is 0 Å². The molecular formula is C16H19N5O2S. The van der Waals surface area contributed by atoms with Crippen molar-refractivity contribution in [3.8, 4) is 0 Å². The van der Waals surface area contributed by atoms with E-state index in [9.17, 15) is 9.90 Å². The van der Waals surface area contributed by atoms with E-state index in [0.29, 0.717) is 12.1 Å². The summed E-state index contributed by atoms with van der Waals surface area (Å²) in [6.45, 7) is 3.68. The van der Waals surface area contributed by atoms with Crippen molar-refractivity contribution in [3.63, 3.8) is 0 Å². The monoisotopic (exact) mass is 345 g/mol. The molecule has 126 valence electrons. The fourth-order valence-electron chi connectivity index (χ4n) is 3.22. The van der Waals surface area contributed by atoms with Gasteiger partial charge in [-0.15, -0.1) is 16.4 Å². The largest absolute Gasteiger partial charge is 0.394 e. The molecule has 24 heavy (non-hydrogen) atoms. The van der Waals surface area contributed by atoms with Crippen molar-refractivity contribution in [1.82, 2.24) is 24.9 Å². The first-order valence-electron chi connectivity index (χ1n) is 8.21. The van der Waals surface area contributed by atoms with Gasteiger partial charge >= 0.3 is 0 Å². The molecule has 0 radical (unpaired) electrons. The normalized spacial score (nSPS) is 15.1. The van der Waals surface area contributed by atoms with E-state index in [1.54, 1.807) is 15.9 Å². The van der Waals surface area contributed by atoms with Gasteiger partial charge in [-0.2, -0.15) is 4.52 Å². The predicted molar refractivity (Wildman–Crippen MR) is 91.6 cm³/mol. The average Bonchev–Trinajstić information content (AvgIpc) is 3.25. The lowest BCUT2D eigenvalue weighted by Crippen LogP contribution is -2.37. The van der Waals surface area contributed by atoms with E-state index in [1.165, 1.54) is 10.4 Å². The lowest BCUT2D eigenvalue weighted by atomic mass is 10.2. The number of hydrogen-bond acceptors (Lipinski definition) is 6. The standard InChI is InChI=1S/C16H19N5O2S/c1-3-9(7-22)18-15(23)13-19-14-12-10-5-4-6-11(10)24-16(12)17-8(2)21(14)20-13/h9,22H,3-7H2,1-2H3,(H,18,23)/t9-/m0/s1. The quantitative estimate of drug-likeness (QED) is 0.750. The number of hydrogen-bond donors (Lipinski definition) is 2. The number of fused-ring (bicyclic) bond motifs is 5. The lowest BCUT2D eigenvalue weighted by molar-refractivity contribution is 0.0904. The van der Waals surface area contributed by atoms with Gasteiger partial charge < -0.3 is 10.4 Å². The van der Waals surface area contributed by atoms with Crippen molar-refractivity contribution < 1.29 is 9.90 Å². The minimum absolute atomic E-state index is 0.0987. The fourth-order valence-corrected chi connectivity index (χ4v) is 4.52. The molecule has 0 saturated carbocycles. The van der Waals surface area contributed by atoms with E-state index in [-0.39, 0.29) is 24.4 Å². The summed E-state index contributed by atoms with van der Waals surface area (Å²) in [5.74, 6) is 0.481. The molecule has 1 atom stereocenters. The van der Waals surface area contributed by atoms with Gasteiger partial charge in [-0.05, 0) is 38.2 Å². The molecule has 4 rings (SSSR count). The molecule has 0 bridgehead atoms. The zero-order valence-corrected chi connectivity index (χ0v) is 14.5. The number of amides is 1. The molecule has 0 unspecified atom stereocenters. The molecule has 0 aliphatic heterocycles. The third kappa shape index (κ3) is 2.29. The first-order valence-corrected chi connectivity index (χ1v) is 9.03. The number of aryl methyl sites for hydroxylation is 3. The van der Waals surface area contributed by atoms with Crippen LogP contribution in [0.25, 0.3) is 15.9 Å². The molecule has 7 nitrogen and oxygen atoms in total. The summed E-state index contributed by atoms with van der Waals surface area (Å²) in [6, 6.07) is -0.284. The molecule has 0 saturated heterocycles. The molecule has 0 spiro atoms. The van der Waals surface area contributed by atoms with Gasteiger partial charge in [0.1, 0.15) is 10.7 Å². The lowest BCUT2D eigenvalue weighted by Gasteiger charge is -2.11. The fraction of sp³-hybridized carbons (Fsp3) is 0.500. The maximum Gasteiger partial charge on any atom is 0.291 e. The van der Waals surface area contributed by atoms with Crippen LogP contribution in [0.1, 0.15) is 46.6 Å². The number of nitrogens with zero attached hydrogens (tertiary/aromatic N) is 4. The number of carbonyl (C=O) groups is 1. The van der Waals surface area contributed by atoms with Gasteiger partial charge in [-0.1, -0.05) is 6.92 Å². The van der Waals surface area contributed by atoms with E-state index in [0.717, 1.165) is 35.3 Å². The maximum atomic E-state index is 12.4. The van der Waals surface area contributed by atoms with Crippen LogP contribution in [0.5, 0.6) is 0 Å². The molecule has 2 N–H and O–H groups in total. The smallest absolute Gasteiger partial charge is 0.291 e. The van der Waals surface area contributed by atoms with Crippen LogP contribution in [-0.2, 0) is 12.8 Å². The summed E-state index contributed by atoms with van der Waals surface area (Å²) in [5.41, 5.74) is 2.02. The second-order valence-corrected chi connectivity index (χ2v) is 7.21. The Kier molecular flexibility index (Phi) is 3.73. The molecule has 0 fully saturated rings. The summed E-state index contributed by atoms with van der Waals surface area (Å²) in [7, 11) is 0. The van der Waals surface area contributed by atoms with Crippen LogP contribution in [-0.4, -0.2) is 43.2 Å². The van der Waals surface area contributed by atoms with Gasteiger partial charge in [0.15, 0.2) is 5.65 Å². The van der Waals surface area contributed by atoms with Gasteiger partial charge in [0.05, 0.1) is 18.0 Å². The second-order valence-electron chi connectivity index (χ2n) is 6.13. The maximum absolute atomic E-state index is 12.4. The van der Waals surface area contributed by atoms with Crippen molar-refractivity contribution in [2.24, 2.45) is 0 Å². The summed E-state index contributed by atoms with van der Waals surface area (Å²) in [5, 5.41) is 17.4. The Labute approximate surface area is 142 Å². The Hall–Kier alpha value is -2.06. The molecule has 1 amide bonds. The number of aliphatic hydroxyl groups is 1. The number of aromatic nitrogens is 4. The predicted octanol–water partition coefficient (Wildman–Crippen LogP) is 1.64.